The highest BCUT2D eigenvalue weighted by Gasteiger charge is 2.19. The van der Waals surface area contributed by atoms with Gasteiger partial charge in [-0.05, 0) is 150 Å². The van der Waals surface area contributed by atoms with Crippen molar-refractivity contribution < 1.29 is 0 Å². The lowest BCUT2D eigenvalue weighted by molar-refractivity contribution is 1.18. The summed E-state index contributed by atoms with van der Waals surface area (Å²) in [5.74, 6) is 0. The molecule has 3 nitrogen and oxygen atoms in total. The third kappa shape index (κ3) is 10.5. The Balaban J connectivity index is 0.000000113. The number of hydrogen-bond acceptors (Lipinski definition) is 0. The van der Waals surface area contributed by atoms with Crippen LogP contribution in [0.25, 0.3) is 138 Å². The van der Waals surface area contributed by atoms with Crippen molar-refractivity contribution in [2.24, 2.45) is 0 Å². The maximum atomic E-state index is 2.41. The Morgan fingerprint density at radius 1 is 0.178 bits per heavy atom. The van der Waals surface area contributed by atoms with Crippen LogP contribution in [-0.4, -0.2) is 13.7 Å². The molecule has 17 rings (SSSR count). The van der Waals surface area contributed by atoms with Crippen molar-refractivity contribution in [3.8, 4) is 72.7 Å². The van der Waals surface area contributed by atoms with Crippen LogP contribution < -0.4 is 0 Å². The highest BCUT2D eigenvalue weighted by atomic mass is 15.0. The predicted octanol–water partition coefficient (Wildman–Crippen LogP) is 23.6. The van der Waals surface area contributed by atoms with Gasteiger partial charge in [-0.25, -0.2) is 0 Å². The van der Waals surface area contributed by atoms with E-state index in [1.54, 1.807) is 0 Å². The van der Waals surface area contributed by atoms with Gasteiger partial charge in [0.05, 0.1) is 33.1 Å². The van der Waals surface area contributed by atoms with Gasteiger partial charge in [-0.15, -0.1) is 0 Å². The fourth-order valence-electron chi connectivity index (χ4n) is 13.1. The summed E-state index contributed by atoms with van der Waals surface area (Å²) < 4.78 is 7.15. The molecule has 3 heterocycles. The second-order valence-electron chi connectivity index (χ2n) is 23.5. The summed E-state index contributed by atoms with van der Waals surface area (Å²) in [6, 6.07) is 122. The Morgan fingerprint density at radius 3 is 1.02 bits per heavy atom. The SMILES string of the molecule is Cc1ccc(-c2ccc(-n3c4ccccc4c4ccccc43)cc2)cc1.Cc1ccc(-c2ccc3c4cc(-c5ccccc5)ccc4n(-c4ccccc4)c3c2)cc1.Cc1ccc(-c2cccc3c4cc(-c5ccccc5)ccc4n(-c4ccccc4)c23)cc1. The zero-order valence-corrected chi connectivity index (χ0v) is 50.7. The quantitative estimate of drug-likeness (QED) is 0.144. The van der Waals surface area contributed by atoms with E-state index in [9.17, 15) is 0 Å². The third-order valence-corrected chi connectivity index (χ3v) is 17.6. The Labute approximate surface area is 525 Å². The maximum Gasteiger partial charge on any atom is 0.0619 e. The molecule has 0 unspecified atom stereocenters. The van der Waals surface area contributed by atoms with E-state index in [2.05, 4.69) is 374 Å². The van der Waals surface area contributed by atoms with Gasteiger partial charge in [0.2, 0.25) is 0 Å². The second kappa shape index (κ2) is 24.0. The molecule has 3 heteroatoms. The molecule has 0 amide bonds. The van der Waals surface area contributed by atoms with E-state index in [-0.39, 0.29) is 0 Å². The number of aromatic nitrogens is 3. The lowest BCUT2D eigenvalue weighted by Crippen LogP contribution is -1.95. The molecule has 3 aromatic heterocycles. The van der Waals surface area contributed by atoms with Crippen LogP contribution in [0.4, 0.5) is 0 Å². The average molecular weight is 1150 g/mol. The molecule has 0 N–H and O–H groups in total. The first-order valence-corrected chi connectivity index (χ1v) is 31.1. The third-order valence-electron chi connectivity index (χ3n) is 17.6. The van der Waals surface area contributed by atoms with Crippen LogP contribution in [0.15, 0.2) is 340 Å². The number of aryl methyl sites for hydroxylation is 3. The van der Waals surface area contributed by atoms with Crippen molar-refractivity contribution in [2.75, 3.05) is 0 Å². The molecule has 0 saturated heterocycles. The normalized spacial score (nSPS) is 11.3. The highest BCUT2D eigenvalue weighted by molar-refractivity contribution is 6.15. The minimum atomic E-state index is 1.18. The first kappa shape index (κ1) is 55.1. The molecule has 90 heavy (non-hydrogen) atoms. The topological polar surface area (TPSA) is 14.8 Å². The number of fused-ring (bicyclic) bond motifs is 9. The standard InChI is InChI=1S/2C31H23N.C25H19N/c1-22-15-17-24(18-16-22)27-13-8-14-28-29-21-25(23-9-4-2-5-10-23)19-20-30(29)32(31(27)28)26-11-6-3-7-12-26;1-22-12-14-24(15-13-22)26-16-18-28-29-20-25(23-8-4-2-5-9-23)17-19-30(29)32(31(28)21-26)27-10-6-3-7-11-27;1-18-10-12-19(13-11-18)20-14-16-21(17-15-20)26-24-8-4-2-6-22(24)23-7-3-5-9-25(23)26/h2*2-21H,1H3;2-17H,1H3. The molecular formula is C87H65N3. The first-order chi connectivity index (χ1) is 44.4. The Morgan fingerprint density at radius 2 is 0.500 bits per heavy atom. The van der Waals surface area contributed by atoms with Crippen molar-refractivity contribution in [1.29, 1.82) is 0 Å². The molecule has 17 aromatic rings. The molecular weight excluding hydrogens is 1090 g/mol. The van der Waals surface area contributed by atoms with E-state index in [0.717, 1.165) is 0 Å². The van der Waals surface area contributed by atoms with E-state index >= 15 is 0 Å². The predicted molar refractivity (Wildman–Crippen MR) is 384 cm³/mol. The number of benzene rings is 14. The van der Waals surface area contributed by atoms with Gasteiger partial charge in [-0.1, -0.05) is 278 Å². The summed E-state index contributed by atoms with van der Waals surface area (Å²) in [6.07, 6.45) is 0. The number of nitrogens with zero attached hydrogens (tertiary/aromatic N) is 3. The van der Waals surface area contributed by atoms with Gasteiger partial charge in [-0.3, -0.25) is 0 Å². The minimum Gasteiger partial charge on any atom is -0.309 e. The zero-order valence-electron chi connectivity index (χ0n) is 50.7. The van der Waals surface area contributed by atoms with E-state index < -0.39 is 0 Å². The summed E-state index contributed by atoms with van der Waals surface area (Å²) in [5, 5.41) is 7.70. The zero-order chi connectivity index (χ0) is 60.5. The molecule has 0 bridgehead atoms. The summed E-state index contributed by atoms with van der Waals surface area (Å²) in [4.78, 5) is 0. The number of para-hydroxylation sites is 5. The van der Waals surface area contributed by atoms with Crippen LogP contribution in [0, 0.1) is 20.8 Å². The van der Waals surface area contributed by atoms with Crippen LogP contribution in [0.2, 0.25) is 0 Å². The van der Waals surface area contributed by atoms with Gasteiger partial charge in [0.1, 0.15) is 0 Å². The van der Waals surface area contributed by atoms with Crippen molar-refractivity contribution in [2.45, 2.75) is 20.8 Å². The summed E-state index contributed by atoms with van der Waals surface area (Å²) in [5.41, 5.74) is 27.3. The molecule has 0 aliphatic carbocycles. The minimum absolute atomic E-state index is 1.18. The second-order valence-corrected chi connectivity index (χ2v) is 23.5. The van der Waals surface area contributed by atoms with E-state index in [1.165, 1.54) is 155 Å². The Hall–Kier alpha value is -11.5. The summed E-state index contributed by atoms with van der Waals surface area (Å²) in [7, 11) is 0. The van der Waals surface area contributed by atoms with Gasteiger partial charge in [-0.2, -0.15) is 0 Å². The number of rotatable bonds is 8. The van der Waals surface area contributed by atoms with Crippen molar-refractivity contribution >= 4 is 65.4 Å². The van der Waals surface area contributed by atoms with Crippen molar-refractivity contribution in [3.05, 3.63) is 356 Å². The Bertz CT molecular complexity index is 5310. The molecule has 14 aromatic carbocycles. The fourth-order valence-corrected chi connectivity index (χ4v) is 13.1. The molecule has 0 aliphatic heterocycles. The summed E-state index contributed by atoms with van der Waals surface area (Å²) in [6.45, 7) is 6.39. The maximum absolute atomic E-state index is 2.41. The lowest BCUT2D eigenvalue weighted by atomic mass is 9.99. The molecule has 0 fully saturated rings. The van der Waals surface area contributed by atoms with Crippen LogP contribution >= 0.6 is 0 Å². The van der Waals surface area contributed by atoms with Gasteiger partial charge >= 0.3 is 0 Å². The molecule has 428 valence electrons. The van der Waals surface area contributed by atoms with E-state index in [0.29, 0.717) is 0 Å². The van der Waals surface area contributed by atoms with Crippen LogP contribution in [0.3, 0.4) is 0 Å². The van der Waals surface area contributed by atoms with Crippen molar-refractivity contribution in [1.82, 2.24) is 13.7 Å². The largest absolute Gasteiger partial charge is 0.309 e. The van der Waals surface area contributed by atoms with Crippen molar-refractivity contribution in [3.63, 3.8) is 0 Å². The lowest BCUT2D eigenvalue weighted by Gasteiger charge is -2.12. The molecule has 0 atom stereocenters. The molecule has 0 aliphatic rings. The first-order valence-electron chi connectivity index (χ1n) is 31.1. The van der Waals surface area contributed by atoms with E-state index in [4.69, 9.17) is 0 Å². The van der Waals surface area contributed by atoms with Gasteiger partial charge < -0.3 is 13.7 Å². The molecule has 0 spiro atoms. The van der Waals surface area contributed by atoms with Gasteiger partial charge in [0.25, 0.3) is 0 Å². The molecule has 0 radical (unpaired) electrons. The van der Waals surface area contributed by atoms with Crippen LogP contribution in [-0.2, 0) is 0 Å². The monoisotopic (exact) mass is 1150 g/mol. The van der Waals surface area contributed by atoms with E-state index in [1.807, 2.05) is 0 Å². The van der Waals surface area contributed by atoms with Gasteiger partial charge in [0.15, 0.2) is 0 Å². The van der Waals surface area contributed by atoms with Crippen LogP contribution in [0.5, 0.6) is 0 Å². The smallest absolute Gasteiger partial charge is 0.0619 e. The molecule has 0 saturated carbocycles. The fraction of sp³-hybridized carbons (Fsp3) is 0.0345. The van der Waals surface area contributed by atoms with Crippen LogP contribution in [0.1, 0.15) is 16.7 Å². The highest BCUT2D eigenvalue weighted by Crippen LogP contribution is 2.41. The summed E-state index contributed by atoms with van der Waals surface area (Å²) >= 11 is 0. The number of hydrogen-bond donors (Lipinski definition) is 0. The van der Waals surface area contributed by atoms with Gasteiger partial charge in [0, 0.05) is 54.9 Å². The average Bonchev–Trinajstić information content (AvgIpc) is 1.75. The Kier molecular flexibility index (Phi) is 14.7.